The highest BCUT2D eigenvalue weighted by atomic mass is 32.2. The van der Waals surface area contributed by atoms with E-state index in [1.807, 2.05) is 14.0 Å². The van der Waals surface area contributed by atoms with E-state index >= 15 is 0 Å². The molecule has 1 atom stereocenters. The summed E-state index contributed by atoms with van der Waals surface area (Å²) in [7, 11) is -1.79. The van der Waals surface area contributed by atoms with Crippen molar-refractivity contribution in [3.63, 3.8) is 0 Å². The molecule has 0 amide bonds. The van der Waals surface area contributed by atoms with Gasteiger partial charge < -0.3 is 5.32 Å². The van der Waals surface area contributed by atoms with Crippen molar-refractivity contribution in [1.29, 1.82) is 0 Å². The zero-order valence-corrected chi connectivity index (χ0v) is 12.0. The van der Waals surface area contributed by atoms with Crippen molar-refractivity contribution in [3.05, 3.63) is 29.8 Å². The van der Waals surface area contributed by atoms with Gasteiger partial charge in [0, 0.05) is 17.6 Å². The number of rotatable bonds is 5. The molecule has 2 aromatic rings. The zero-order valence-electron chi connectivity index (χ0n) is 10.4. The molecular weight excluding hydrogens is 286 g/mol. The predicted octanol–water partition coefficient (Wildman–Crippen LogP) is 1.01. The van der Waals surface area contributed by atoms with Gasteiger partial charge in [-0.25, -0.2) is 8.42 Å². The normalized spacial score (nSPS) is 13.2. The first-order valence-electron chi connectivity index (χ1n) is 5.48. The second kappa shape index (κ2) is 5.59. The lowest BCUT2D eigenvalue weighted by molar-refractivity contribution is 0.600. The van der Waals surface area contributed by atoms with E-state index in [4.69, 9.17) is 0 Å². The Morgan fingerprint density at radius 2 is 1.95 bits per heavy atom. The maximum atomic E-state index is 12.0. The van der Waals surface area contributed by atoms with Crippen LogP contribution in [0.1, 0.15) is 18.5 Å². The van der Waals surface area contributed by atoms with Gasteiger partial charge in [-0.3, -0.25) is 4.72 Å². The van der Waals surface area contributed by atoms with Crippen LogP contribution in [0.25, 0.3) is 0 Å². The summed E-state index contributed by atoms with van der Waals surface area (Å²) in [4.78, 5) is 0.176. The Hall–Kier alpha value is -1.58. The first kappa shape index (κ1) is 13.8. The first-order valence-corrected chi connectivity index (χ1v) is 7.73. The van der Waals surface area contributed by atoms with Gasteiger partial charge in [0.25, 0.3) is 10.0 Å². The number of hydrogen-bond acceptors (Lipinski definition) is 7. The molecule has 0 saturated heterocycles. The summed E-state index contributed by atoms with van der Waals surface area (Å²) in [6.07, 6.45) is 0. The molecule has 0 saturated carbocycles. The van der Waals surface area contributed by atoms with Crippen LogP contribution in [0, 0.1) is 0 Å². The van der Waals surface area contributed by atoms with Crippen molar-refractivity contribution >= 4 is 26.7 Å². The second-order valence-electron chi connectivity index (χ2n) is 3.85. The summed E-state index contributed by atoms with van der Waals surface area (Å²) >= 11 is 0.884. The predicted molar refractivity (Wildman–Crippen MR) is 72.4 cm³/mol. The van der Waals surface area contributed by atoms with Gasteiger partial charge >= 0.3 is 0 Å². The molecular formula is C10H13N5O2S2. The number of nitrogens with zero attached hydrogens (tertiary/aromatic N) is 3. The third-order valence-corrected chi connectivity index (χ3v) is 4.64. The van der Waals surface area contributed by atoms with E-state index in [1.54, 1.807) is 24.3 Å². The molecule has 0 aliphatic heterocycles. The van der Waals surface area contributed by atoms with Crippen LogP contribution in [0.15, 0.2) is 29.2 Å². The molecule has 1 aromatic carbocycles. The van der Waals surface area contributed by atoms with Crippen molar-refractivity contribution in [2.24, 2.45) is 0 Å². The van der Waals surface area contributed by atoms with Gasteiger partial charge in [0.2, 0.25) is 5.13 Å². The monoisotopic (exact) mass is 299 g/mol. The molecule has 2 N–H and O–H groups in total. The molecule has 9 heteroatoms. The number of anilines is 1. The number of hydrogen-bond donors (Lipinski definition) is 2. The largest absolute Gasteiger partial charge is 0.313 e. The van der Waals surface area contributed by atoms with Gasteiger partial charge in [-0.1, -0.05) is 21.7 Å². The maximum absolute atomic E-state index is 12.0. The lowest BCUT2D eigenvalue weighted by Gasteiger charge is -2.11. The van der Waals surface area contributed by atoms with Crippen LogP contribution in [0.3, 0.4) is 0 Å². The highest BCUT2D eigenvalue weighted by molar-refractivity contribution is 7.93. The topological polar surface area (TPSA) is 96.9 Å². The second-order valence-corrected chi connectivity index (χ2v) is 6.27. The van der Waals surface area contributed by atoms with Crippen LogP contribution in [0.5, 0.6) is 0 Å². The molecule has 0 bridgehead atoms. The fourth-order valence-corrected chi connectivity index (χ4v) is 3.03. The third kappa shape index (κ3) is 3.25. The van der Waals surface area contributed by atoms with Gasteiger partial charge in [-0.15, -0.1) is 0 Å². The first-order chi connectivity index (χ1) is 9.03. The molecule has 102 valence electrons. The van der Waals surface area contributed by atoms with E-state index < -0.39 is 10.0 Å². The standard InChI is InChI=1S/C10H13N5O2S2/c1-7(11-2)8-3-5-9(6-4-8)19(16,17)13-10-12-14-15-18-10/h3-7,11H,1-2H3,(H,12,13,15). The van der Waals surface area contributed by atoms with Crippen molar-refractivity contribution in [1.82, 2.24) is 20.1 Å². The quantitative estimate of drug-likeness (QED) is 0.855. The summed E-state index contributed by atoms with van der Waals surface area (Å²) in [6, 6.07) is 6.82. The SMILES string of the molecule is CNC(C)c1ccc(S(=O)(=O)Nc2nnns2)cc1. The molecule has 0 spiro atoms. The average molecular weight is 299 g/mol. The fourth-order valence-electron chi connectivity index (χ4n) is 1.45. The smallest absolute Gasteiger partial charge is 0.263 e. The number of benzene rings is 1. The minimum Gasteiger partial charge on any atom is -0.313 e. The summed E-state index contributed by atoms with van der Waals surface area (Å²) in [5.41, 5.74) is 1.01. The highest BCUT2D eigenvalue weighted by Gasteiger charge is 2.16. The lowest BCUT2D eigenvalue weighted by Crippen LogP contribution is -2.14. The molecule has 0 radical (unpaired) electrons. The minimum absolute atomic E-state index is 0.146. The van der Waals surface area contributed by atoms with Crippen LogP contribution in [-0.4, -0.2) is 30.3 Å². The van der Waals surface area contributed by atoms with Crippen LogP contribution in [0.2, 0.25) is 0 Å². The minimum atomic E-state index is -3.63. The molecule has 0 aliphatic rings. The van der Waals surface area contributed by atoms with E-state index in [9.17, 15) is 8.42 Å². The van der Waals surface area contributed by atoms with Crippen molar-refractivity contribution in [2.75, 3.05) is 11.8 Å². The lowest BCUT2D eigenvalue weighted by atomic mass is 10.1. The zero-order chi connectivity index (χ0) is 13.9. The van der Waals surface area contributed by atoms with Crippen LogP contribution >= 0.6 is 11.5 Å². The molecule has 19 heavy (non-hydrogen) atoms. The van der Waals surface area contributed by atoms with E-state index in [-0.39, 0.29) is 16.1 Å². The Balaban J connectivity index is 2.21. The Kier molecular flexibility index (Phi) is 4.08. The van der Waals surface area contributed by atoms with E-state index in [0.29, 0.717) is 0 Å². The molecule has 2 rings (SSSR count). The molecule has 1 unspecified atom stereocenters. The summed E-state index contributed by atoms with van der Waals surface area (Å²) < 4.78 is 29.9. The summed E-state index contributed by atoms with van der Waals surface area (Å²) in [6.45, 7) is 1.99. The van der Waals surface area contributed by atoms with Crippen LogP contribution < -0.4 is 10.0 Å². The molecule has 0 fully saturated rings. The van der Waals surface area contributed by atoms with E-state index in [1.165, 1.54) is 0 Å². The van der Waals surface area contributed by atoms with E-state index in [2.05, 4.69) is 24.8 Å². The Morgan fingerprint density at radius 1 is 1.26 bits per heavy atom. The molecule has 0 aliphatic carbocycles. The van der Waals surface area contributed by atoms with Crippen LogP contribution in [0.4, 0.5) is 5.13 Å². The Morgan fingerprint density at radius 3 is 2.47 bits per heavy atom. The molecule has 1 heterocycles. The van der Waals surface area contributed by atoms with Gasteiger partial charge in [0.1, 0.15) is 0 Å². The summed E-state index contributed by atoms with van der Waals surface area (Å²) in [5, 5.41) is 10.1. The molecule has 1 aromatic heterocycles. The Labute approximate surface area is 115 Å². The van der Waals surface area contributed by atoms with Gasteiger partial charge in [0.05, 0.1) is 4.90 Å². The molecule has 7 nitrogen and oxygen atoms in total. The average Bonchev–Trinajstić information content (AvgIpc) is 2.90. The Bertz CT molecular complexity index is 624. The highest BCUT2D eigenvalue weighted by Crippen LogP contribution is 2.18. The van der Waals surface area contributed by atoms with Crippen molar-refractivity contribution < 1.29 is 8.42 Å². The maximum Gasteiger partial charge on any atom is 0.263 e. The fraction of sp³-hybridized carbons (Fsp3) is 0.300. The van der Waals surface area contributed by atoms with Crippen molar-refractivity contribution in [3.8, 4) is 0 Å². The number of sulfonamides is 1. The van der Waals surface area contributed by atoms with E-state index in [0.717, 1.165) is 17.1 Å². The van der Waals surface area contributed by atoms with Gasteiger partial charge in [-0.2, -0.15) is 0 Å². The van der Waals surface area contributed by atoms with Crippen LogP contribution in [-0.2, 0) is 10.0 Å². The number of nitrogens with one attached hydrogen (secondary N) is 2. The number of aromatic nitrogens is 3. The van der Waals surface area contributed by atoms with Gasteiger partial charge in [-0.05, 0) is 36.9 Å². The summed E-state index contributed by atoms with van der Waals surface area (Å²) in [5.74, 6) is 0. The van der Waals surface area contributed by atoms with Gasteiger partial charge in [0.15, 0.2) is 0 Å². The third-order valence-electron chi connectivity index (χ3n) is 2.64. The van der Waals surface area contributed by atoms with Crippen molar-refractivity contribution in [2.45, 2.75) is 17.9 Å².